The number of amides is 1. The molecule has 2 aromatic carbocycles. The van der Waals surface area contributed by atoms with Gasteiger partial charge >= 0.3 is 0 Å². The SMILES string of the molecule is COc1cc(OC)cc(C(=O)Nc2cccc3nc(C)oc23)c1. The molecule has 1 amide bonds. The van der Waals surface area contributed by atoms with Crippen LogP contribution in [-0.2, 0) is 0 Å². The quantitative estimate of drug-likeness (QED) is 0.799. The monoisotopic (exact) mass is 312 g/mol. The zero-order valence-corrected chi connectivity index (χ0v) is 13.0. The number of nitrogens with zero attached hydrogens (tertiary/aromatic N) is 1. The van der Waals surface area contributed by atoms with Crippen LogP contribution in [0.3, 0.4) is 0 Å². The molecule has 3 rings (SSSR count). The molecule has 1 N–H and O–H groups in total. The van der Waals surface area contributed by atoms with Crippen LogP contribution in [0.15, 0.2) is 40.8 Å². The molecule has 0 fully saturated rings. The summed E-state index contributed by atoms with van der Waals surface area (Å²) in [7, 11) is 3.07. The van der Waals surface area contributed by atoms with Gasteiger partial charge in [-0.05, 0) is 24.3 Å². The summed E-state index contributed by atoms with van der Waals surface area (Å²) in [4.78, 5) is 16.8. The van der Waals surface area contributed by atoms with E-state index in [2.05, 4.69) is 10.3 Å². The lowest BCUT2D eigenvalue weighted by Gasteiger charge is -2.09. The molecule has 0 saturated carbocycles. The van der Waals surface area contributed by atoms with Gasteiger partial charge in [0.2, 0.25) is 0 Å². The third-order valence-corrected chi connectivity index (χ3v) is 3.38. The van der Waals surface area contributed by atoms with E-state index in [-0.39, 0.29) is 5.91 Å². The number of ether oxygens (including phenoxy) is 2. The fourth-order valence-electron chi connectivity index (χ4n) is 2.29. The van der Waals surface area contributed by atoms with Crippen molar-refractivity contribution < 1.29 is 18.7 Å². The highest BCUT2D eigenvalue weighted by atomic mass is 16.5. The number of hydrogen-bond donors (Lipinski definition) is 1. The average Bonchev–Trinajstić information content (AvgIpc) is 2.95. The van der Waals surface area contributed by atoms with Crippen molar-refractivity contribution >= 4 is 22.7 Å². The first-order valence-electron chi connectivity index (χ1n) is 7.01. The van der Waals surface area contributed by atoms with Gasteiger partial charge in [0.25, 0.3) is 5.91 Å². The minimum absolute atomic E-state index is 0.288. The molecule has 0 bridgehead atoms. The van der Waals surface area contributed by atoms with Crippen LogP contribution in [0.2, 0.25) is 0 Å². The zero-order chi connectivity index (χ0) is 16.4. The van der Waals surface area contributed by atoms with Crippen molar-refractivity contribution in [1.29, 1.82) is 0 Å². The summed E-state index contributed by atoms with van der Waals surface area (Å²) in [6.07, 6.45) is 0. The highest BCUT2D eigenvalue weighted by molar-refractivity contribution is 6.08. The number of nitrogens with one attached hydrogen (secondary N) is 1. The fraction of sp³-hybridized carbons (Fsp3) is 0.176. The Hall–Kier alpha value is -3.02. The molecule has 0 aliphatic carbocycles. The molecule has 3 aromatic rings. The molecule has 1 aromatic heterocycles. The smallest absolute Gasteiger partial charge is 0.256 e. The number of benzene rings is 2. The molecule has 0 radical (unpaired) electrons. The van der Waals surface area contributed by atoms with Crippen molar-refractivity contribution in [1.82, 2.24) is 4.98 Å². The number of rotatable bonds is 4. The molecule has 0 atom stereocenters. The predicted octanol–water partition coefficient (Wildman–Crippen LogP) is 3.41. The summed E-state index contributed by atoms with van der Waals surface area (Å²) in [5.41, 5.74) is 2.24. The number of para-hydroxylation sites is 1. The molecule has 23 heavy (non-hydrogen) atoms. The number of hydrogen-bond acceptors (Lipinski definition) is 5. The predicted molar refractivity (Wildman–Crippen MR) is 86.2 cm³/mol. The second-order valence-electron chi connectivity index (χ2n) is 4.94. The topological polar surface area (TPSA) is 73.6 Å². The van der Waals surface area contributed by atoms with Crippen LogP contribution in [0, 0.1) is 6.92 Å². The number of carbonyl (C=O) groups excluding carboxylic acids is 1. The van der Waals surface area contributed by atoms with E-state index in [9.17, 15) is 4.79 Å². The van der Waals surface area contributed by atoms with Crippen LogP contribution < -0.4 is 14.8 Å². The first kappa shape index (κ1) is 14.9. The van der Waals surface area contributed by atoms with E-state index in [1.807, 2.05) is 12.1 Å². The number of methoxy groups -OCH3 is 2. The van der Waals surface area contributed by atoms with Crippen molar-refractivity contribution in [2.24, 2.45) is 0 Å². The molecule has 118 valence electrons. The highest BCUT2D eigenvalue weighted by Gasteiger charge is 2.14. The van der Waals surface area contributed by atoms with Gasteiger partial charge in [-0.25, -0.2) is 4.98 Å². The van der Waals surface area contributed by atoms with E-state index in [0.717, 1.165) is 0 Å². The van der Waals surface area contributed by atoms with Crippen molar-refractivity contribution in [3.63, 3.8) is 0 Å². The normalized spacial score (nSPS) is 10.6. The lowest BCUT2D eigenvalue weighted by molar-refractivity contribution is 0.102. The standard InChI is InChI=1S/C17H16N2O4/c1-10-18-14-5-4-6-15(16(14)23-10)19-17(20)11-7-12(21-2)9-13(8-11)22-3/h4-9H,1-3H3,(H,19,20). The third-order valence-electron chi connectivity index (χ3n) is 3.38. The molecular weight excluding hydrogens is 296 g/mol. The minimum atomic E-state index is -0.288. The van der Waals surface area contributed by atoms with E-state index in [4.69, 9.17) is 13.9 Å². The van der Waals surface area contributed by atoms with Crippen molar-refractivity contribution in [2.45, 2.75) is 6.92 Å². The Balaban J connectivity index is 1.94. The molecule has 0 spiro atoms. The summed E-state index contributed by atoms with van der Waals surface area (Å²) in [6.45, 7) is 1.76. The maximum Gasteiger partial charge on any atom is 0.256 e. The second-order valence-corrected chi connectivity index (χ2v) is 4.94. The van der Waals surface area contributed by atoms with Gasteiger partial charge in [-0.1, -0.05) is 6.07 Å². The van der Waals surface area contributed by atoms with E-state index in [0.29, 0.717) is 39.7 Å². The van der Waals surface area contributed by atoms with Gasteiger partial charge in [-0.15, -0.1) is 0 Å². The molecule has 6 heteroatoms. The summed E-state index contributed by atoms with van der Waals surface area (Å²) in [5.74, 6) is 1.35. The van der Waals surface area contributed by atoms with Gasteiger partial charge < -0.3 is 19.2 Å². The zero-order valence-electron chi connectivity index (χ0n) is 13.0. The average molecular weight is 312 g/mol. The van der Waals surface area contributed by atoms with E-state index >= 15 is 0 Å². The number of carbonyl (C=O) groups is 1. The van der Waals surface area contributed by atoms with Crippen LogP contribution in [0.5, 0.6) is 11.5 Å². The molecular formula is C17H16N2O4. The third kappa shape index (κ3) is 2.96. The Morgan fingerprint density at radius 3 is 2.48 bits per heavy atom. The summed E-state index contributed by atoms with van der Waals surface area (Å²) in [5, 5.41) is 2.83. The highest BCUT2D eigenvalue weighted by Crippen LogP contribution is 2.26. The lowest BCUT2D eigenvalue weighted by atomic mass is 10.1. The van der Waals surface area contributed by atoms with Crippen LogP contribution in [-0.4, -0.2) is 25.1 Å². The van der Waals surface area contributed by atoms with Crippen LogP contribution >= 0.6 is 0 Å². The molecule has 1 heterocycles. The van der Waals surface area contributed by atoms with Crippen LogP contribution in [0.25, 0.3) is 11.1 Å². The van der Waals surface area contributed by atoms with Crippen LogP contribution in [0.4, 0.5) is 5.69 Å². The second kappa shape index (κ2) is 6.00. The maximum absolute atomic E-state index is 12.5. The first-order valence-corrected chi connectivity index (χ1v) is 7.01. The maximum atomic E-state index is 12.5. The molecule has 0 aliphatic rings. The number of anilines is 1. The number of aromatic nitrogens is 1. The van der Waals surface area contributed by atoms with Gasteiger partial charge in [0.05, 0.1) is 19.9 Å². The Morgan fingerprint density at radius 2 is 1.83 bits per heavy atom. The van der Waals surface area contributed by atoms with Crippen molar-refractivity contribution in [3.05, 3.63) is 47.9 Å². The molecule has 6 nitrogen and oxygen atoms in total. The summed E-state index contributed by atoms with van der Waals surface area (Å²) in [6, 6.07) is 10.4. The van der Waals surface area contributed by atoms with Crippen molar-refractivity contribution in [2.75, 3.05) is 19.5 Å². The van der Waals surface area contributed by atoms with E-state index in [1.54, 1.807) is 31.2 Å². The van der Waals surface area contributed by atoms with Gasteiger partial charge in [-0.2, -0.15) is 0 Å². The Labute approximate surface area is 133 Å². The molecule has 0 unspecified atom stereocenters. The fourth-order valence-corrected chi connectivity index (χ4v) is 2.29. The number of aryl methyl sites for hydroxylation is 1. The molecule has 0 saturated heterocycles. The number of fused-ring (bicyclic) bond motifs is 1. The molecule has 0 aliphatic heterocycles. The van der Waals surface area contributed by atoms with Crippen LogP contribution in [0.1, 0.15) is 16.2 Å². The van der Waals surface area contributed by atoms with Gasteiger partial charge in [0, 0.05) is 18.6 Å². The lowest BCUT2D eigenvalue weighted by Crippen LogP contribution is -2.12. The first-order chi connectivity index (χ1) is 11.1. The minimum Gasteiger partial charge on any atom is -0.497 e. The van der Waals surface area contributed by atoms with E-state index < -0.39 is 0 Å². The Bertz CT molecular complexity index is 848. The Kier molecular flexibility index (Phi) is 3.89. The van der Waals surface area contributed by atoms with Gasteiger partial charge in [0.1, 0.15) is 17.0 Å². The summed E-state index contributed by atoms with van der Waals surface area (Å²) < 4.78 is 15.9. The Morgan fingerprint density at radius 1 is 1.13 bits per heavy atom. The van der Waals surface area contributed by atoms with E-state index in [1.165, 1.54) is 14.2 Å². The van der Waals surface area contributed by atoms with Gasteiger partial charge in [-0.3, -0.25) is 4.79 Å². The largest absolute Gasteiger partial charge is 0.497 e. The van der Waals surface area contributed by atoms with Crippen molar-refractivity contribution in [3.8, 4) is 11.5 Å². The summed E-state index contributed by atoms with van der Waals surface area (Å²) >= 11 is 0. The van der Waals surface area contributed by atoms with Gasteiger partial charge in [0.15, 0.2) is 11.5 Å². The number of oxazole rings is 1.